The van der Waals surface area contributed by atoms with Crippen LogP contribution >= 0.6 is 11.3 Å². The van der Waals surface area contributed by atoms with Crippen LogP contribution < -0.4 is 0 Å². The Morgan fingerprint density at radius 1 is 1.36 bits per heavy atom. The lowest BCUT2D eigenvalue weighted by atomic mass is 10.1. The van der Waals surface area contributed by atoms with E-state index in [0.29, 0.717) is 0 Å². The van der Waals surface area contributed by atoms with Gasteiger partial charge in [0.05, 0.1) is 11.6 Å². The van der Waals surface area contributed by atoms with Crippen molar-refractivity contribution >= 4 is 11.3 Å². The summed E-state index contributed by atoms with van der Waals surface area (Å²) < 4.78 is 5.05. The van der Waals surface area contributed by atoms with Crippen molar-refractivity contribution in [2.45, 2.75) is 20.8 Å². The number of rotatable bonds is 2. The van der Waals surface area contributed by atoms with E-state index in [9.17, 15) is 0 Å². The molecule has 2 aromatic rings. The first kappa shape index (κ1) is 9.46. The van der Waals surface area contributed by atoms with Gasteiger partial charge < -0.3 is 4.52 Å². The maximum Gasteiger partial charge on any atom is 0.133 e. The Bertz CT molecular complexity index is 390. The van der Waals surface area contributed by atoms with Gasteiger partial charge in [-0.05, 0) is 32.9 Å². The van der Waals surface area contributed by atoms with E-state index in [4.69, 9.17) is 4.52 Å². The number of hydrogen-bond acceptors (Lipinski definition) is 3. The standard InChI is InChI=1S/C11H12NOS/c1-7-6-10(12-13-7)9(3)11-5-4-8(2)14-11/h4-6H,1-3H3. The third-order valence-corrected chi connectivity index (χ3v) is 3.24. The van der Waals surface area contributed by atoms with Crippen LogP contribution in [0, 0.1) is 19.8 Å². The molecule has 73 valence electrons. The molecule has 0 aromatic carbocycles. The smallest absolute Gasteiger partial charge is 0.133 e. The number of aromatic nitrogens is 1. The lowest BCUT2D eigenvalue weighted by Gasteiger charge is -2.01. The molecule has 1 radical (unpaired) electrons. The monoisotopic (exact) mass is 206 g/mol. The van der Waals surface area contributed by atoms with Gasteiger partial charge in [0.1, 0.15) is 5.76 Å². The summed E-state index contributed by atoms with van der Waals surface area (Å²) in [5, 5.41) is 4.00. The summed E-state index contributed by atoms with van der Waals surface area (Å²) in [5.74, 6) is 2.03. The van der Waals surface area contributed by atoms with Gasteiger partial charge in [-0.25, -0.2) is 0 Å². The van der Waals surface area contributed by atoms with E-state index in [2.05, 4.69) is 31.1 Å². The Morgan fingerprint density at radius 3 is 2.64 bits per heavy atom. The van der Waals surface area contributed by atoms with Crippen molar-refractivity contribution in [2.24, 2.45) is 0 Å². The molecule has 0 spiro atoms. The Hall–Kier alpha value is -1.09. The second-order valence-corrected chi connectivity index (χ2v) is 4.65. The minimum Gasteiger partial charge on any atom is -0.361 e. The molecular weight excluding hydrogens is 194 g/mol. The predicted octanol–water partition coefficient (Wildman–Crippen LogP) is 3.34. The number of thiophene rings is 1. The molecule has 0 atom stereocenters. The third kappa shape index (κ3) is 1.73. The second-order valence-electron chi connectivity index (χ2n) is 3.36. The molecule has 0 saturated carbocycles. The van der Waals surface area contributed by atoms with Crippen molar-refractivity contribution in [3.63, 3.8) is 0 Å². The number of nitrogens with zero attached hydrogens (tertiary/aromatic N) is 1. The van der Waals surface area contributed by atoms with Crippen molar-refractivity contribution in [3.8, 4) is 0 Å². The fraction of sp³-hybridized carbons (Fsp3) is 0.273. The first-order valence-electron chi connectivity index (χ1n) is 4.51. The molecule has 2 nitrogen and oxygen atoms in total. The van der Waals surface area contributed by atoms with Crippen molar-refractivity contribution in [1.29, 1.82) is 0 Å². The van der Waals surface area contributed by atoms with Crippen molar-refractivity contribution in [2.75, 3.05) is 0 Å². The van der Waals surface area contributed by atoms with E-state index in [-0.39, 0.29) is 0 Å². The summed E-state index contributed by atoms with van der Waals surface area (Å²) in [6, 6.07) is 6.21. The molecule has 0 aliphatic rings. The molecule has 0 aliphatic carbocycles. The van der Waals surface area contributed by atoms with Gasteiger partial charge in [0.2, 0.25) is 0 Å². The van der Waals surface area contributed by atoms with Crippen molar-refractivity contribution < 1.29 is 4.52 Å². The summed E-state index contributed by atoms with van der Waals surface area (Å²) in [5.41, 5.74) is 0.935. The first-order valence-corrected chi connectivity index (χ1v) is 5.32. The van der Waals surface area contributed by atoms with Gasteiger partial charge in [-0.3, -0.25) is 0 Å². The van der Waals surface area contributed by atoms with Crippen LogP contribution in [0.3, 0.4) is 0 Å². The van der Waals surface area contributed by atoms with Gasteiger partial charge in [-0.15, -0.1) is 11.3 Å². The molecule has 2 aromatic heterocycles. The van der Waals surface area contributed by atoms with Gasteiger partial charge in [0, 0.05) is 15.8 Å². The Kier molecular flexibility index (Phi) is 2.42. The molecule has 0 N–H and O–H groups in total. The van der Waals surface area contributed by atoms with Crippen LogP contribution in [0.5, 0.6) is 0 Å². The molecular formula is C11H12NOS. The van der Waals surface area contributed by atoms with Gasteiger partial charge in [0.25, 0.3) is 0 Å². The van der Waals surface area contributed by atoms with Crippen LogP contribution in [0.25, 0.3) is 0 Å². The third-order valence-electron chi connectivity index (χ3n) is 2.12. The van der Waals surface area contributed by atoms with Crippen LogP contribution in [0.4, 0.5) is 0 Å². The van der Waals surface area contributed by atoms with Gasteiger partial charge in [-0.2, -0.15) is 0 Å². The topological polar surface area (TPSA) is 26.0 Å². The highest BCUT2D eigenvalue weighted by molar-refractivity contribution is 7.12. The summed E-state index contributed by atoms with van der Waals surface area (Å²) in [6.07, 6.45) is 0. The molecule has 3 heteroatoms. The highest BCUT2D eigenvalue weighted by Gasteiger charge is 2.14. The van der Waals surface area contributed by atoms with Crippen LogP contribution in [-0.4, -0.2) is 5.16 Å². The van der Waals surface area contributed by atoms with Crippen LogP contribution in [0.15, 0.2) is 22.7 Å². The maximum atomic E-state index is 5.05. The largest absolute Gasteiger partial charge is 0.361 e. The summed E-state index contributed by atoms with van der Waals surface area (Å²) in [4.78, 5) is 2.58. The summed E-state index contributed by atoms with van der Waals surface area (Å²) in [7, 11) is 0. The van der Waals surface area contributed by atoms with E-state index in [1.54, 1.807) is 11.3 Å². The van der Waals surface area contributed by atoms with Crippen LogP contribution in [-0.2, 0) is 0 Å². The van der Waals surface area contributed by atoms with E-state index >= 15 is 0 Å². The molecule has 2 heterocycles. The second kappa shape index (κ2) is 3.58. The van der Waals surface area contributed by atoms with Gasteiger partial charge in [-0.1, -0.05) is 5.16 Å². The molecule has 2 rings (SSSR count). The fourth-order valence-electron chi connectivity index (χ4n) is 1.31. The lowest BCUT2D eigenvalue weighted by Crippen LogP contribution is -1.93. The Morgan fingerprint density at radius 2 is 2.14 bits per heavy atom. The highest BCUT2D eigenvalue weighted by atomic mass is 32.1. The molecule has 0 saturated heterocycles. The highest BCUT2D eigenvalue weighted by Crippen LogP contribution is 2.28. The Labute approximate surface area is 87.6 Å². The van der Waals surface area contributed by atoms with E-state index in [0.717, 1.165) is 11.5 Å². The lowest BCUT2D eigenvalue weighted by molar-refractivity contribution is 0.393. The zero-order valence-corrected chi connectivity index (χ0v) is 9.31. The van der Waals surface area contributed by atoms with Crippen molar-refractivity contribution in [3.05, 3.63) is 45.3 Å². The average Bonchev–Trinajstić information content (AvgIpc) is 2.73. The minimum atomic E-state index is 0.854. The number of hydrogen-bond donors (Lipinski definition) is 0. The van der Waals surface area contributed by atoms with Crippen LogP contribution in [0.1, 0.15) is 28.1 Å². The molecule has 0 bridgehead atoms. The number of aryl methyl sites for hydroxylation is 2. The zero-order chi connectivity index (χ0) is 10.1. The molecule has 0 amide bonds. The molecule has 14 heavy (non-hydrogen) atoms. The van der Waals surface area contributed by atoms with E-state index < -0.39 is 0 Å². The zero-order valence-electron chi connectivity index (χ0n) is 8.50. The molecule has 0 fully saturated rings. The van der Waals surface area contributed by atoms with Crippen LogP contribution in [0.2, 0.25) is 0 Å². The predicted molar refractivity (Wildman–Crippen MR) is 57.4 cm³/mol. The Balaban J connectivity index is 2.28. The average molecular weight is 206 g/mol. The van der Waals surface area contributed by atoms with Gasteiger partial charge >= 0.3 is 0 Å². The van der Waals surface area contributed by atoms with Gasteiger partial charge in [0.15, 0.2) is 0 Å². The normalized spacial score (nSPS) is 11.1. The van der Waals surface area contributed by atoms with E-state index in [1.165, 1.54) is 15.7 Å². The van der Waals surface area contributed by atoms with Crippen molar-refractivity contribution in [1.82, 2.24) is 5.16 Å². The SMILES string of the molecule is C[C](c1cc(C)on1)c1ccc(C)s1. The summed E-state index contributed by atoms with van der Waals surface area (Å²) in [6.45, 7) is 6.08. The first-order chi connectivity index (χ1) is 6.66. The molecule has 0 unspecified atom stereocenters. The quantitative estimate of drug-likeness (QED) is 0.753. The molecule has 0 aliphatic heterocycles. The summed E-state index contributed by atoms with van der Waals surface area (Å²) >= 11 is 1.78. The minimum absolute atomic E-state index is 0.854. The maximum absolute atomic E-state index is 5.05. The van der Waals surface area contributed by atoms with E-state index in [1.807, 2.05) is 13.0 Å². The fourth-order valence-corrected chi connectivity index (χ4v) is 2.18.